The molecular weight excluding hydrogens is 262 g/mol. The van der Waals surface area contributed by atoms with Crippen molar-refractivity contribution in [1.29, 1.82) is 0 Å². The van der Waals surface area contributed by atoms with Gasteiger partial charge in [0.15, 0.2) is 0 Å². The van der Waals surface area contributed by atoms with E-state index in [0.717, 1.165) is 29.9 Å². The second-order valence-corrected chi connectivity index (χ2v) is 4.74. The quantitative estimate of drug-likeness (QED) is 0.843. The summed E-state index contributed by atoms with van der Waals surface area (Å²) in [5.74, 6) is 1.71. The van der Waals surface area contributed by atoms with Crippen LogP contribution in [0.2, 0.25) is 5.15 Å². The number of rotatable bonds is 4. The molecule has 0 atom stereocenters. The molecule has 0 saturated heterocycles. The third-order valence-electron chi connectivity index (χ3n) is 2.84. The molecule has 100 valence electrons. The number of halogens is 1. The minimum absolute atomic E-state index is 0.283. The van der Waals surface area contributed by atoms with Crippen molar-refractivity contribution in [3.8, 4) is 5.75 Å². The van der Waals surface area contributed by atoms with Crippen LogP contribution in [0.1, 0.15) is 17.0 Å². The van der Waals surface area contributed by atoms with Crippen LogP contribution >= 0.6 is 11.6 Å². The number of aromatic nitrogens is 2. The molecule has 0 aliphatic heterocycles. The van der Waals surface area contributed by atoms with Gasteiger partial charge in [0.05, 0.1) is 0 Å². The lowest BCUT2D eigenvalue weighted by Gasteiger charge is -2.10. The predicted molar refractivity (Wildman–Crippen MR) is 76.8 cm³/mol. The molecule has 0 unspecified atom stereocenters. The third-order valence-corrected chi connectivity index (χ3v) is 3.21. The second-order valence-electron chi connectivity index (χ2n) is 4.38. The number of phenolic OH excluding ortho intramolecular Hbond substituents is 1. The van der Waals surface area contributed by atoms with Gasteiger partial charge in [0.25, 0.3) is 0 Å². The molecule has 5 heteroatoms. The fourth-order valence-electron chi connectivity index (χ4n) is 1.75. The molecule has 4 nitrogen and oxygen atoms in total. The Morgan fingerprint density at radius 1 is 1.16 bits per heavy atom. The molecule has 1 aromatic carbocycles. The van der Waals surface area contributed by atoms with Crippen LogP contribution in [-0.4, -0.2) is 21.6 Å². The minimum atomic E-state index is 0.283. The maximum absolute atomic E-state index is 9.21. The van der Waals surface area contributed by atoms with Gasteiger partial charge in [-0.15, -0.1) is 0 Å². The number of phenols is 1. The van der Waals surface area contributed by atoms with Crippen LogP contribution in [0.3, 0.4) is 0 Å². The first-order valence-corrected chi connectivity index (χ1v) is 6.46. The van der Waals surface area contributed by atoms with Crippen LogP contribution in [0.5, 0.6) is 5.75 Å². The van der Waals surface area contributed by atoms with E-state index < -0.39 is 0 Å². The summed E-state index contributed by atoms with van der Waals surface area (Å²) < 4.78 is 0. The van der Waals surface area contributed by atoms with E-state index in [-0.39, 0.29) is 5.75 Å². The lowest BCUT2D eigenvalue weighted by Crippen LogP contribution is -2.09. The number of aryl methyl sites for hydroxylation is 1. The molecule has 0 spiro atoms. The zero-order valence-electron chi connectivity index (χ0n) is 10.9. The predicted octanol–water partition coefficient (Wildman–Crippen LogP) is 3.11. The van der Waals surface area contributed by atoms with E-state index >= 15 is 0 Å². The fraction of sp³-hybridized carbons (Fsp3) is 0.286. The Labute approximate surface area is 117 Å². The monoisotopic (exact) mass is 277 g/mol. The van der Waals surface area contributed by atoms with Gasteiger partial charge in [-0.25, -0.2) is 9.97 Å². The molecule has 19 heavy (non-hydrogen) atoms. The number of hydrogen-bond acceptors (Lipinski definition) is 4. The van der Waals surface area contributed by atoms with Crippen LogP contribution in [0.4, 0.5) is 5.82 Å². The van der Waals surface area contributed by atoms with Gasteiger partial charge in [-0.05, 0) is 38.0 Å². The van der Waals surface area contributed by atoms with Crippen molar-refractivity contribution in [2.75, 3.05) is 11.9 Å². The van der Waals surface area contributed by atoms with Crippen molar-refractivity contribution >= 4 is 17.4 Å². The molecule has 0 fully saturated rings. The number of anilines is 1. The zero-order chi connectivity index (χ0) is 13.8. The summed E-state index contributed by atoms with van der Waals surface area (Å²) >= 11 is 6.01. The summed E-state index contributed by atoms with van der Waals surface area (Å²) in [6, 6.07) is 7.18. The first-order chi connectivity index (χ1) is 9.06. The Kier molecular flexibility index (Phi) is 4.22. The van der Waals surface area contributed by atoms with Gasteiger partial charge < -0.3 is 10.4 Å². The summed E-state index contributed by atoms with van der Waals surface area (Å²) in [5, 5.41) is 13.0. The highest BCUT2D eigenvalue weighted by Crippen LogP contribution is 2.19. The van der Waals surface area contributed by atoms with Crippen LogP contribution in [0.15, 0.2) is 24.3 Å². The maximum Gasteiger partial charge on any atom is 0.137 e. The van der Waals surface area contributed by atoms with Crippen molar-refractivity contribution in [3.05, 3.63) is 46.4 Å². The highest BCUT2D eigenvalue weighted by Gasteiger charge is 2.06. The van der Waals surface area contributed by atoms with E-state index in [1.165, 1.54) is 0 Å². The smallest absolute Gasteiger partial charge is 0.137 e. The fourth-order valence-corrected chi connectivity index (χ4v) is 1.97. The Morgan fingerprint density at radius 2 is 1.84 bits per heavy atom. The zero-order valence-corrected chi connectivity index (χ0v) is 11.7. The van der Waals surface area contributed by atoms with Crippen LogP contribution in [0, 0.1) is 13.8 Å². The summed E-state index contributed by atoms with van der Waals surface area (Å²) in [4.78, 5) is 8.43. The van der Waals surface area contributed by atoms with E-state index in [0.29, 0.717) is 11.0 Å². The van der Waals surface area contributed by atoms with Crippen LogP contribution < -0.4 is 5.32 Å². The largest absolute Gasteiger partial charge is 0.508 e. The van der Waals surface area contributed by atoms with Crippen LogP contribution in [0.25, 0.3) is 0 Å². The van der Waals surface area contributed by atoms with Crippen molar-refractivity contribution < 1.29 is 5.11 Å². The maximum atomic E-state index is 9.21. The summed E-state index contributed by atoms with van der Waals surface area (Å²) in [5.41, 5.74) is 2.01. The van der Waals surface area contributed by atoms with Gasteiger partial charge >= 0.3 is 0 Å². The molecule has 0 aliphatic carbocycles. The van der Waals surface area contributed by atoms with E-state index in [9.17, 15) is 5.11 Å². The Balaban J connectivity index is 1.98. The minimum Gasteiger partial charge on any atom is -0.508 e. The van der Waals surface area contributed by atoms with Crippen molar-refractivity contribution in [2.24, 2.45) is 0 Å². The number of nitrogens with zero attached hydrogens (tertiary/aromatic N) is 2. The lowest BCUT2D eigenvalue weighted by atomic mass is 10.1. The van der Waals surface area contributed by atoms with Gasteiger partial charge in [0, 0.05) is 12.1 Å². The van der Waals surface area contributed by atoms with Crippen molar-refractivity contribution in [1.82, 2.24) is 9.97 Å². The molecule has 1 heterocycles. The Morgan fingerprint density at radius 3 is 2.53 bits per heavy atom. The van der Waals surface area contributed by atoms with E-state index in [1.807, 2.05) is 26.0 Å². The number of aromatic hydroxyl groups is 1. The number of hydrogen-bond donors (Lipinski definition) is 2. The first-order valence-electron chi connectivity index (χ1n) is 6.09. The van der Waals surface area contributed by atoms with Gasteiger partial charge in [0.2, 0.25) is 0 Å². The number of nitrogens with one attached hydrogen (secondary N) is 1. The number of benzene rings is 1. The standard InChI is InChI=1S/C14H16ClN3O/c1-9-13(15)17-10(2)18-14(9)16-8-7-11-3-5-12(19)6-4-11/h3-6,19H,7-8H2,1-2H3,(H,16,17,18). The molecular formula is C14H16ClN3O. The first kappa shape index (κ1) is 13.6. The van der Waals surface area contributed by atoms with E-state index in [1.54, 1.807) is 12.1 Å². The average molecular weight is 278 g/mol. The molecule has 2 aromatic rings. The molecule has 2 N–H and O–H groups in total. The third kappa shape index (κ3) is 3.58. The summed E-state index contributed by atoms with van der Waals surface area (Å²) in [6.07, 6.45) is 0.848. The highest BCUT2D eigenvalue weighted by atomic mass is 35.5. The summed E-state index contributed by atoms with van der Waals surface area (Å²) in [7, 11) is 0. The van der Waals surface area contributed by atoms with Crippen LogP contribution in [-0.2, 0) is 6.42 Å². The lowest BCUT2D eigenvalue weighted by molar-refractivity contribution is 0.475. The van der Waals surface area contributed by atoms with Gasteiger partial charge in [-0.3, -0.25) is 0 Å². The normalized spacial score (nSPS) is 10.5. The van der Waals surface area contributed by atoms with Gasteiger partial charge in [-0.1, -0.05) is 23.7 Å². The Hall–Kier alpha value is -1.81. The van der Waals surface area contributed by atoms with Gasteiger partial charge in [-0.2, -0.15) is 0 Å². The average Bonchev–Trinajstić information content (AvgIpc) is 2.37. The molecule has 1 aromatic heterocycles. The SMILES string of the molecule is Cc1nc(Cl)c(C)c(NCCc2ccc(O)cc2)n1. The molecule has 0 bridgehead atoms. The molecule has 0 radical (unpaired) electrons. The van der Waals surface area contributed by atoms with E-state index in [4.69, 9.17) is 11.6 Å². The van der Waals surface area contributed by atoms with Gasteiger partial charge in [0.1, 0.15) is 22.5 Å². The highest BCUT2D eigenvalue weighted by molar-refractivity contribution is 6.30. The molecule has 2 rings (SSSR count). The van der Waals surface area contributed by atoms with Crippen molar-refractivity contribution in [3.63, 3.8) is 0 Å². The summed E-state index contributed by atoms with van der Waals surface area (Å²) in [6.45, 7) is 4.46. The van der Waals surface area contributed by atoms with Crippen molar-refractivity contribution in [2.45, 2.75) is 20.3 Å². The molecule has 0 saturated carbocycles. The molecule has 0 amide bonds. The van der Waals surface area contributed by atoms with E-state index in [2.05, 4.69) is 15.3 Å². The topological polar surface area (TPSA) is 58.0 Å². The molecule has 0 aliphatic rings. The second kappa shape index (κ2) is 5.89. The Bertz CT molecular complexity index is 570.